The van der Waals surface area contributed by atoms with Gasteiger partial charge in [0.15, 0.2) is 4.34 Å². The third-order valence-electron chi connectivity index (χ3n) is 4.10. The molecule has 0 saturated carbocycles. The number of nitrogens with one attached hydrogen (secondary N) is 1. The summed E-state index contributed by atoms with van der Waals surface area (Å²) in [4.78, 5) is 19.0. The van der Waals surface area contributed by atoms with Crippen molar-refractivity contribution < 1.29 is 13.2 Å². The average Bonchev–Trinajstić information content (AvgIpc) is 3.09. The van der Waals surface area contributed by atoms with Crippen LogP contribution in [0, 0.1) is 0 Å². The summed E-state index contributed by atoms with van der Waals surface area (Å²) in [6.07, 6.45) is 0. The fraction of sp³-hybridized carbons (Fsp3) is 0.263. The Balaban J connectivity index is 1.77. The Morgan fingerprint density at radius 1 is 1.14 bits per heavy atom. The summed E-state index contributed by atoms with van der Waals surface area (Å²) >= 11 is 2.90. The largest absolute Gasteiger partial charge is 0.376 e. The molecule has 3 rings (SSSR count). The summed E-state index contributed by atoms with van der Waals surface area (Å²) in [5, 5.41) is 2.84. The van der Waals surface area contributed by atoms with Crippen LogP contribution >= 0.6 is 23.1 Å². The standard InChI is InChI=1S/C19H22N4O3S3/c1-22(2)16-10-9-13(29(25,26)23(3)4)11-15(16)20-18(24)12-27-19-21-14-7-5-6-8-17(14)28-19/h5-11H,12H2,1-4H3,(H,20,24). The van der Waals surface area contributed by atoms with Gasteiger partial charge in [-0.1, -0.05) is 23.9 Å². The Morgan fingerprint density at radius 2 is 1.86 bits per heavy atom. The molecule has 0 bridgehead atoms. The number of thioether (sulfide) groups is 1. The summed E-state index contributed by atoms with van der Waals surface area (Å²) in [5.41, 5.74) is 2.09. The highest BCUT2D eigenvalue weighted by atomic mass is 32.2. The second-order valence-corrected chi connectivity index (χ2v) is 11.1. The molecular formula is C19H22N4O3S3. The smallest absolute Gasteiger partial charge is 0.242 e. The van der Waals surface area contributed by atoms with E-state index in [9.17, 15) is 13.2 Å². The minimum atomic E-state index is -3.60. The van der Waals surface area contributed by atoms with Crippen LogP contribution in [0.5, 0.6) is 0 Å². The van der Waals surface area contributed by atoms with Gasteiger partial charge in [0.25, 0.3) is 0 Å². The number of carbonyl (C=O) groups excluding carboxylic acids is 1. The lowest BCUT2D eigenvalue weighted by atomic mass is 10.2. The third-order valence-corrected chi connectivity index (χ3v) is 8.09. The highest BCUT2D eigenvalue weighted by Gasteiger charge is 2.20. The maximum absolute atomic E-state index is 12.5. The summed E-state index contributed by atoms with van der Waals surface area (Å²) in [6, 6.07) is 12.5. The van der Waals surface area contributed by atoms with Gasteiger partial charge in [0.05, 0.1) is 32.2 Å². The van der Waals surface area contributed by atoms with Gasteiger partial charge >= 0.3 is 0 Å². The number of carbonyl (C=O) groups is 1. The molecule has 1 N–H and O–H groups in total. The van der Waals surface area contributed by atoms with E-state index in [1.165, 1.54) is 38.0 Å². The molecule has 10 heteroatoms. The molecule has 0 aliphatic heterocycles. The molecule has 0 aliphatic rings. The number of para-hydroxylation sites is 1. The fourth-order valence-corrected chi connectivity index (χ4v) is 5.40. The van der Waals surface area contributed by atoms with Crippen LogP contribution < -0.4 is 10.2 Å². The molecule has 1 heterocycles. The van der Waals surface area contributed by atoms with Crippen molar-refractivity contribution in [3.8, 4) is 0 Å². The van der Waals surface area contributed by atoms with E-state index < -0.39 is 10.0 Å². The summed E-state index contributed by atoms with van der Waals surface area (Å²) in [5.74, 6) is -0.0473. The number of amides is 1. The van der Waals surface area contributed by atoms with Gasteiger partial charge in [0.2, 0.25) is 15.9 Å². The fourth-order valence-electron chi connectivity index (χ4n) is 2.60. The first-order valence-corrected chi connectivity index (χ1v) is 11.9. The number of anilines is 2. The van der Waals surface area contributed by atoms with Gasteiger partial charge in [-0.2, -0.15) is 0 Å². The van der Waals surface area contributed by atoms with Gasteiger partial charge in [-0.05, 0) is 30.3 Å². The predicted molar refractivity (Wildman–Crippen MR) is 121 cm³/mol. The number of hydrogen-bond donors (Lipinski definition) is 1. The first-order valence-electron chi connectivity index (χ1n) is 8.70. The van der Waals surface area contributed by atoms with Crippen molar-refractivity contribution in [1.29, 1.82) is 0 Å². The Kier molecular flexibility index (Phi) is 6.47. The van der Waals surface area contributed by atoms with Crippen molar-refractivity contribution in [2.24, 2.45) is 0 Å². The number of rotatable bonds is 7. The zero-order valence-electron chi connectivity index (χ0n) is 16.5. The average molecular weight is 451 g/mol. The van der Waals surface area contributed by atoms with E-state index in [4.69, 9.17) is 0 Å². The number of fused-ring (bicyclic) bond motifs is 1. The third kappa shape index (κ3) is 4.89. The van der Waals surface area contributed by atoms with E-state index >= 15 is 0 Å². The van der Waals surface area contributed by atoms with Crippen LogP contribution in [0.3, 0.4) is 0 Å². The quantitative estimate of drug-likeness (QED) is 0.556. The number of hydrogen-bond acceptors (Lipinski definition) is 7. The van der Waals surface area contributed by atoms with Gasteiger partial charge in [-0.3, -0.25) is 4.79 Å². The van der Waals surface area contributed by atoms with E-state index in [-0.39, 0.29) is 16.6 Å². The maximum atomic E-state index is 12.5. The SMILES string of the molecule is CN(C)c1ccc(S(=O)(=O)N(C)C)cc1NC(=O)CSc1nc2ccccc2s1. The van der Waals surface area contributed by atoms with Gasteiger partial charge in [-0.25, -0.2) is 17.7 Å². The van der Waals surface area contributed by atoms with Crippen LogP contribution in [0.1, 0.15) is 0 Å². The Morgan fingerprint density at radius 3 is 2.52 bits per heavy atom. The molecule has 154 valence electrons. The number of benzene rings is 2. The van der Waals surface area contributed by atoms with Gasteiger partial charge in [0.1, 0.15) is 0 Å². The maximum Gasteiger partial charge on any atom is 0.242 e. The van der Waals surface area contributed by atoms with E-state index in [2.05, 4.69) is 10.3 Å². The molecule has 29 heavy (non-hydrogen) atoms. The van der Waals surface area contributed by atoms with Crippen molar-refractivity contribution in [2.75, 3.05) is 44.2 Å². The zero-order valence-corrected chi connectivity index (χ0v) is 19.0. The molecular weight excluding hydrogens is 428 g/mol. The van der Waals surface area contributed by atoms with Crippen LogP contribution in [0.25, 0.3) is 10.2 Å². The molecule has 1 aromatic heterocycles. The monoisotopic (exact) mass is 450 g/mol. The Labute approximate surface area is 178 Å². The molecule has 0 unspecified atom stereocenters. The van der Waals surface area contributed by atoms with Gasteiger partial charge < -0.3 is 10.2 Å². The van der Waals surface area contributed by atoms with Gasteiger partial charge in [0, 0.05) is 28.2 Å². The minimum absolute atomic E-state index is 0.127. The van der Waals surface area contributed by atoms with Gasteiger partial charge in [-0.15, -0.1) is 11.3 Å². The molecule has 7 nitrogen and oxygen atoms in total. The molecule has 0 radical (unpaired) electrons. The lowest BCUT2D eigenvalue weighted by Gasteiger charge is -2.20. The predicted octanol–water partition coefficient (Wildman–Crippen LogP) is 3.34. The summed E-state index contributed by atoms with van der Waals surface area (Å²) < 4.78 is 27.9. The van der Waals surface area contributed by atoms with E-state index in [1.54, 1.807) is 17.4 Å². The number of aromatic nitrogens is 1. The van der Waals surface area contributed by atoms with Crippen LogP contribution in [-0.4, -0.2) is 57.6 Å². The first-order chi connectivity index (χ1) is 13.7. The first kappa shape index (κ1) is 21.6. The molecule has 0 spiro atoms. The second kappa shape index (κ2) is 8.70. The van der Waals surface area contributed by atoms with Crippen molar-refractivity contribution >= 4 is 60.6 Å². The normalized spacial score (nSPS) is 11.8. The van der Waals surface area contributed by atoms with E-state index in [1.807, 2.05) is 43.3 Å². The zero-order chi connectivity index (χ0) is 21.2. The van der Waals surface area contributed by atoms with Crippen molar-refractivity contribution in [3.63, 3.8) is 0 Å². The van der Waals surface area contributed by atoms with Crippen LogP contribution in [-0.2, 0) is 14.8 Å². The number of sulfonamides is 1. The molecule has 0 fully saturated rings. The van der Waals surface area contributed by atoms with E-state index in [0.29, 0.717) is 5.69 Å². The minimum Gasteiger partial charge on any atom is -0.376 e. The van der Waals surface area contributed by atoms with Crippen LogP contribution in [0.2, 0.25) is 0 Å². The molecule has 0 saturated heterocycles. The molecule has 1 amide bonds. The molecule has 3 aromatic rings. The highest BCUT2D eigenvalue weighted by Crippen LogP contribution is 2.31. The van der Waals surface area contributed by atoms with E-state index in [0.717, 1.165) is 24.5 Å². The number of thiazole rings is 1. The highest BCUT2D eigenvalue weighted by molar-refractivity contribution is 8.01. The summed E-state index contributed by atoms with van der Waals surface area (Å²) in [7, 11) is 3.02. The molecule has 0 atom stereocenters. The Bertz CT molecular complexity index is 1110. The topological polar surface area (TPSA) is 82.6 Å². The van der Waals surface area contributed by atoms with Crippen molar-refractivity contribution in [3.05, 3.63) is 42.5 Å². The Hall–Kier alpha value is -2.14. The summed E-state index contributed by atoms with van der Waals surface area (Å²) in [6.45, 7) is 0. The lowest BCUT2D eigenvalue weighted by molar-refractivity contribution is -0.113. The van der Waals surface area contributed by atoms with Crippen LogP contribution in [0.15, 0.2) is 51.7 Å². The van der Waals surface area contributed by atoms with Crippen LogP contribution in [0.4, 0.5) is 11.4 Å². The van der Waals surface area contributed by atoms with Crippen molar-refractivity contribution in [2.45, 2.75) is 9.24 Å². The van der Waals surface area contributed by atoms with Crippen molar-refractivity contribution in [1.82, 2.24) is 9.29 Å². The molecule has 2 aromatic carbocycles. The lowest BCUT2D eigenvalue weighted by Crippen LogP contribution is -2.23. The molecule has 0 aliphatic carbocycles. The second-order valence-electron chi connectivity index (χ2n) is 6.65. The number of nitrogens with zero attached hydrogens (tertiary/aromatic N) is 3.